The van der Waals surface area contributed by atoms with Crippen LogP contribution in [0.2, 0.25) is 0 Å². The number of hydrazine groups is 1. The number of piperazine rings is 1. The van der Waals surface area contributed by atoms with E-state index < -0.39 is 10.0 Å². The largest absolute Gasteiger partial charge is 0.292 e. The van der Waals surface area contributed by atoms with Crippen LogP contribution < -0.4 is 10.9 Å². The topological polar surface area (TPSA) is 98.8 Å². The molecule has 2 N–H and O–H groups in total. The van der Waals surface area contributed by atoms with Crippen molar-refractivity contribution < 1.29 is 18.0 Å². The molecule has 1 aliphatic heterocycles. The standard InChI is InChI=1S/C15H22N4O4S/c1-13(20)16-17-15(21)11-18-7-9-19(10-8-18)24(22,23)12-14-5-3-2-4-6-14/h2-6H,7-12H2,1H3,(H,16,20)(H,17,21). The molecule has 0 saturated carbocycles. The second kappa shape index (κ2) is 8.22. The fraction of sp³-hybridized carbons (Fsp3) is 0.467. The van der Waals surface area contributed by atoms with Gasteiger partial charge in [-0.1, -0.05) is 30.3 Å². The monoisotopic (exact) mass is 354 g/mol. The van der Waals surface area contributed by atoms with Crippen LogP contribution in [0.1, 0.15) is 12.5 Å². The van der Waals surface area contributed by atoms with Gasteiger partial charge in [0.25, 0.3) is 5.91 Å². The van der Waals surface area contributed by atoms with E-state index in [-0.39, 0.29) is 24.1 Å². The lowest BCUT2D eigenvalue weighted by atomic mass is 10.2. The van der Waals surface area contributed by atoms with Gasteiger partial charge in [-0.25, -0.2) is 8.42 Å². The summed E-state index contributed by atoms with van der Waals surface area (Å²) in [5.41, 5.74) is 5.27. The van der Waals surface area contributed by atoms with Crippen LogP contribution in [-0.4, -0.2) is 62.2 Å². The minimum Gasteiger partial charge on any atom is -0.292 e. The molecular weight excluding hydrogens is 332 g/mol. The molecule has 8 nitrogen and oxygen atoms in total. The molecule has 132 valence electrons. The molecular formula is C15H22N4O4S. The third-order valence-electron chi connectivity index (χ3n) is 3.66. The molecule has 1 aliphatic rings. The zero-order valence-electron chi connectivity index (χ0n) is 13.6. The van der Waals surface area contributed by atoms with Crippen LogP contribution in [0.5, 0.6) is 0 Å². The number of sulfonamides is 1. The Morgan fingerprint density at radius 1 is 1.04 bits per heavy atom. The Kier molecular flexibility index (Phi) is 6.29. The molecule has 0 atom stereocenters. The zero-order chi connectivity index (χ0) is 17.6. The van der Waals surface area contributed by atoms with Gasteiger partial charge in [-0.2, -0.15) is 4.31 Å². The number of benzene rings is 1. The summed E-state index contributed by atoms with van der Waals surface area (Å²) in [6, 6.07) is 9.06. The highest BCUT2D eigenvalue weighted by Crippen LogP contribution is 2.13. The second-order valence-electron chi connectivity index (χ2n) is 5.65. The molecule has 0 bridgehead atoms. The Morgan fingerprint density at radius 2 is 1.67 bits per heavy atom. The summed E-state index contributed by atoms with van der Waals surface area (Å²) in [5.74, 6) is -0.692. The number of nitrogens with one attached hydrogen (secondary N) is 2. The van der Waals surface area contributed by atoms with Gasteiger partial charge in [-0.3, -0.25) is 25.3 Å². The number of nitrogens with zero attached hydrogens (tertiary/aromatic N) is 2. The van der Waals surface area contributed by atoms with E-state index in [1.165, 1.54) is 11.2 Å². The lowest BCUT2D eigenvalue weighted by Crippen LogP contribution is -2.52. The average molecular weight is 354 g/mol. The minimum absolute atomic E-state index is 0.0170. The Labute approximate surface area is 141 Å². The summed E-state index contributed by atoms with van der Waals surface area (Å²) in [6.07, 6.45) is 0. The average Bonchev–Trinajstić information content (AvgIpc) is 2.54. The highest BCUT2D eigenvalue weighted by atomic mass is 32.2. The van der Waals surface area contributed by atoms with Crippen LogP contribution in [-0.2, 0) is 25.4 Å². The summed E-state index contributed by atoms with van der Waals surface area (Å²) in [6.45, 7) is 3.07. The van der Waals surface area contributed by atoms with E-state index in [0.717, 1.165) is 5.56 Å². The first-order chi connectivity index (χ1) is 11.4. The molecule has 1 aromatic rings. The third-order valence-corrected chi connectivity index (χ3v) is 5.51. The van der Waals surface area contributed by atoms with E-state index in [2.05, 4.69) is 10.9 Å². The molecule has 1 aromatic carbocycles. The first-order valence-corrected chi connectivity index (χ1v) is 9.27. The van der Waals surface area contributed by atoms with Crippen molar-refractivity contribution in [1.82, 2.24) is 20.1 Å². The van der Waals surface area contributed by atoms with Crippen molar-refractivity contribution in [2.75, 3.05) is 32.7 Å². The van der Waals surface area contributed by atoms with Gasteiger partial charge in [-0.15, -0.1) is 0 Å². The van der Waals surface area contributed by atoms with Gasteiger partial charge >= 0.3 is 0 Å². The van der Waals surface area contributed by atoms with Crippen molar-refractivity contribution in [2.45, 2.75) is 12.7 Å². The summed E-state index contributed by atoms with van der Waals surface area (Å²) < 4.78 is 26.3. The Balaban J connectivity index is 1.81. The SMILES string of the molecule is CC(=O)NNC(=O)CN1CCN(S(=O)(=O)Cc2ccccc2)CC1. The van der Waals surface area contributed by atoms with Crippen LogP contribution in [0, 0.1) is 0 Å². The van der Waals surface area contributed by atoms with E-state index in [0.29, 0.717) is 26.2 Å². The Bertz CT molecular complexity index is 670. The smallest absolute Gasteiger partial charge is 0.252 e. The third kappa shape index (κ3) is 5.59. The molecule has 2 amide bonds. The molecule has 0 aliphatic carbocycles. The quantitative estimate of drug-likeness (QED) is 0.682. The van der Waals surface area contributed by atoms with Crippen molar-refractivity contribution in [3.63, 3.8) is 0 Å². The predicted octanol–water partition coefficient (Wildman–Crippen LogP) is -0.699. The van der Waals surface area contributed by atoms with Gasteiger partial charge in [0.2, 0.25) is 15.9 Å². The number of amides is 2. The normalized spacial score (nSPS) is 16.5. The van der Waals surface area contributed by atoms with Crippen molar-refractivity contribution in [1.29, 1.82) is 0 Å². The first-order valence-electron chi connectivity index (χ1n) is 7.66. The number of hydrogen-bond donors (Lipinski definition) is 2. The van der Waals surface area contributed by atoms with Crippen LogP contribution >= 0.6 is 0 Å². The molecule has 0 unspecified atom stereocenters. The van der Waals surface area contributed by atoms with Crippen LogP contribution in [0.15, 0.2) is 30.3 Å². The minimum atomic E-state index is -3.36. The van der Waals surface area contributed by atoms with Gasteiger partial charge in [0.1, 0.15) is 0 Å². The molecule has 2 rings (SSSR count). The molecule has 0 radical (unpaired) electrons. The fourth-order valence-corrected chi connectivity index (χ4v) is 3.96. The lowest BCUT2D eigenvalue weighted by Gasteiger charge is -2.33. The van der Waals surface area contributed by atoms with E-state index in [1.807, 2.05) is 23.1 Å². The molecule has 9 heteroatoms. The maximum atomic E-state index is 12.4. The van der Waals surface area contributed by atoms with Gasteiger partial charge < -0.3 is 0 Å². The van der Waals surface area contributed by atoms with E-state index in [1.54, 1.807) is 12.1 Å². The van der Waals surface area contributed by atoms with Gasteiger partial charge in [0.05, 0.1) is 12.3 Å². The summed E-state index contributed by atoms with van der Waals surface area (Å²) in [7, 11) is -3.36. The van der Waals surface area contributed by atoms with Gasteiger partial charge in [-0.05, 0) is 5.56 Å². The van der Waals surface area contributed by atoms with Gasteiger partial charge in [0, 0.05) is 33.1 Å². The number of carbonyl (C=O) groups is 2. The highest BCUT2D eigenvalue weighted by Gasteiger charge is 2.27. The van der Waals surface area contributed by atoms with Gasteiger partial charge in [0.15, 0.2) is 0 Å². The highest BCUT2D eigenvalue weighted by molar-refractivity contribution is 7.88. The van der Waals surface area contributed by atoms with Crippen molar-refractivity contribution in [3.05, 3.63) is 35.9 Å². The van der Waals surface area contributed by atoms with Crippen LogP contribution in [0.3, 0.4) is 0 Å². The molecule has 0 aromatic heterocycles. The first kappa shape index (κ1) is 18.4. The molecule has 1 fully saturated rings. The van der Waals surface area contributed by atoms with E-state index >= 15 is 0 Å². The molecule has 1 saturated heterocycles. The summed E-state index contributed by atoms with van der Waals surface area (Å²) >= 11 is 0. The van der Waals surface area contributed by atoms with Crippen molar-refractivity contribution in [3.8, 4) is 0 Å². The maximum absolute atomic E-state index is 12.4. The lowest BCUT2D eigenvalue weighted by molar-refractivity contribution is -0.128. The maximum Gasteiger partial charge on any atom is 0.252 e. The van der Waals surface area contributed by atoms with Crippen molar-refractivity contribution in [2.24, 2.45) is 0 Å². The van der Waals surface area contributed by atoms with E-state index in [9.17, 15) is 18.0 Å². The van der Waals surface area contributed by atoms with Crippen molar-refractivity contribution >= 4 is 21.8 Å². The molecule has 0 spiro atoms. The van der Waals surface area contributed by atoms with E-state index in [4.69, 9.17) is 0 Å². The summed E-state index contributed by atoms with van der Waals surface area (Å²) in [5, 5.41) is 0. The van der Waals surface area contributed by atoms with Crippen LogP contribution in [0.4, 0.5) is 0 Å². The number of rotatable bonds is 5. The molecule has 1 heterocycles. The Hall–Kier alpha value is -1.97. The zero-order valence-corrected chi connectivity index (χ0v) is 14.4. The second-order valence-corrected chi connectivity index (χ2v) is 7.62. The fourth-order valence-electron chi connectivity index (χ4n) is 2.44. The molecule has 24 heavy (non-hydrogen) atoms. The Morgan fingerprint density at radius 3 is 2.25 bits per heavy atom. The number of hydrogen-bond acceptors (Lipinski definition) is 5. The number of carbonyl (C=O) groups excluding carboxylic acids is 2. The van der Waals surface area contributed by atoms with Crippen LogP contribution in [0.25, 0.3) is 0 Å². The predicted molar refractivity (Wildman–Crippen MR) is 89.0 cm³/mol. The summed E-state index contributed by atoms with van der Waals surface area (Å²) in [4.78, 5) is 24.2.